The summed E-state index contributed by atoms with van der Waals surface area (Å²) in [6, 6.07) is 9.45. The van der Waals surface area contributed by atoms with Crippen molar-refractivity contribution in [3.63, 3.8) is 0 Å². The number of aromatic nitrogens is 2. The molecule has 1 N–H and O–H groups in total. The van der Waals surface area contributed by atoms with Gasteiger partial charge in [0.15, 0.2) is 0 Å². The highest BCUT2D eigenvalue weighted by Crippen LogP contribution is 2.17. The molecule has 0 aliphatic carbocycles. The Bertz CT molecular complexity index is 539. The number of carboxylic acid groups (broad SMARTS) is 1. The lowest BCUT2D eigenvalue weighted by atomic mass is 10.2. The van der Waals surface area contributed by atoms with Gasteiger partial charge in [0.25, 0.3) is 0 Å². The highest BCUT2D eigenvalue weighted by atomic mass is 16.4. The van der Waals surface area contributed by atoms with Crippen molar-refractivity contribution in [2.45, 2.75) is 13.5 Å². The number of nitrogens with zero attached hydrogens (tertiary/aromatic N) is 3. The smallest absolute Gasteiger partial charge is 0.317 e. The normalized spacial score (nSPS) is 10.8. The topological polar surface area (TPSA) is 79.5 Å². The second-order valence-corrected chi connectivity index (χ2v) is 4.06. The molecule has 6 heteroatoms. The van der Waals surface area contributed by atoms with Gasteiger partial charge in [-0.25, -0.2) is 0 Å². The number of likely N-dealkylation sites (N-methyl/N-ethyl adjacent to an activating group) is 1. The molecule has 0 atom stereocenters. The molecule has 0 aliphatic rings. The summed E-state index contributed by atoms with van der Waals surface area (Å²) in [5.74, 6) is -0.00595. The van der Waals surface area contributed by atoms with Crippen molar-refractivity contribution in [2.24, 2.45) is 0 Å². The average molecular weight is 261 g/mol. The zero-order valence-corrected chi connectivity index (χ0v) is 10.6. The molecule has 1 aromatic heterocycles. The number of carbonyl (C=O) groups is 1. The molecular formula is C13H15N3O3. The average Bonchev–Trinajstić information content (AvgIpc) is 2.87. The van der Waals surface area contributed by atoms with Gasteiger partial charge < -0.3 is 9.52 Å². The molecule has 0 bridgehead atoms. The molecule has 0 saturated carbocycles. The van der Waals surface area contributed by atoms with Gasteiger partial charge >= 0.3 is 5.97 Å². The Kier molecular flexibility index (Phi) is 4.25. The molecular weight excluding hydrogens is 246 g/mol. The van der Waals surface area contributed by atoms with E-state index >= 15 is 0 Å². The molecule has 0 aliphatic heterocycles. The van der Waals surface area contributed by atoms with Gasteiger partial charge in [-0.1, -0.05) is 25.1 Å². The second-order valence-electron chi connectivity index (χ2n) is 4.06. The Morgan fingerprint density at radius 1 is 1.32 bits per heavy atom. The minimum absolute atomic E-state index is 0.0421. The predicted octanol–water partition coefficient (Wildman–Crippen LogP) is 1.64. The quantitative estimate of drug-likeness (QED) is 0.851. The number of benzene rings is 1. The third-order valence-corrected chi connectivity index (χ3v) is 2.65. The first-order valence-electron chi connectivity index (χ1n) is 6.01. The number of carboxylic acids is 1. The van der Waals surface area contributed by atoms with Crippen LogP contribution in [0.3, 0.4) is 0 Å². The minimum atomic E-state index is -0.871. The summed E-state index contributed by atoms with van der Waals surface area (Å²) in [6.45, 7) is 2.79. The van der Waals surface area contributed by atoms with E-state index in [1.165, 1.54) is 0 Å². The molecule has 100 valence electrons. The fourth-order valence-electron chi connectivity index (χ4n) is 1.68. The number of hydrogen-bond donors (Lipinski definition) is 1. The molecule has 19 heavy (non-hydrogen) atoms. The van der Waals surface area contributed by atoms with E-state index in [-0.39, 0.29) is 6.54 Å². The Hall–Kier alpha value is -2.21. The standard InChI is InChI=1S/C13H15N3O3/c1-2-16(9-12(17)18)8-11-14-15-13(19-11)10-6-4-3-5-7-10/h3-7H,2,8-9H2,1H3,(H,17,18). The lowest BCUT2D eigenvalue weighted by molar-refractivity contribution is -0.138. The first-order chi connectivity index (χ1) is 9.19. The molecule has 0 unspecified atom stereocenters. The molecule has 0 saturated heterocycles. The lowest BCUT2D eigenvalue weighted by Crippen LogP contribution is -2.29. The van der Waals surface area contributed by atoms with Crippen LogP contribution >= 0.6 is 0 Å². The summed E-state index contributed by atoms with van der Waals surface area (Å²) in [5, 5.41) is 16.7. The van der Waals surface area contributed by atoms with Crippen LogP contribution in [0.1, 0.15) is 12.8 Å². The van der Waals surface area contributed by atoms with Gasteiger partial charge in [-0.15, -0.1) is 10.2 Å². The van der Waals surface area contributed by atoms with Gasteiger partial charge in [0.2, 0.25) is 11.8 Å². The third-order valence-electron chi connectivity index (χ3n) is 2.65. The Morgan fingerprint density at radius 3 is 2.68 bits per heavy atom. The fourth-order valence-corrected chi connectivity index (χ4v) is 1.68. The summed E-state index contributed by atoms with van der Waals surface area (Å²) < 4.78 is 5.53. The van der Waals surface area contributed by atoms with Crippen molar-refractivity contribution in [1.82, 2.24) is 15.1 Å². The van der Waals surface area contributed by atoms with Crippen molar-refractivity contribution < 1.29 is 14.3 Å². The van der Waals surface area contributed by atoms with Crippen LogP contribution in [0.5, 0.6) is 0 Å². The first-order valence-corrected chi connectivity index (χ1v) is 6.01. The van der Waals surface area contributed by atoms with Crippen molar-refractivity contribution in [1.29, 1.82) is 0 Å². The maximum Gasteiger partial charge on any atom is 0.317 e. The number of rotatable bonds is 6. The Balaban J connectivity index is 2.07. The van der Waals surface area contributed by atoms with Crippen LogP contribution in [0.4, 0.5) is 0 Å². The monoisotopic (exact) mass is 261 g/mol. The van der Waals surface area contributed by atoms with E-state index in [0.29, 0.717) is 24.9 Å². The summed E-state index contributed by atoms with van der Waals surface area (Å²) in [4.78, 5) is 12.4. The van der Waals surface area contributed by atoms with Gasteiger partial charge in [0.05, 0.1) is 13.1 Å². The van der Waals surface area contributed by atoms with Gasteiger partial charge in [-0.2, -0.15) is 0 Å². The Morgan fingerprint density at radius 2 is 2.05 bits per heavy atom. The molecule has 0 spiro atoms. The van der Waals surface area contributed by atoms with Crippen LogP contribution < -0.4 is 0 Å². The molecule has 0 amide bonds. The van der Waals surface area contributed by atoms with Crippen molar-refractivity contribution in [2.75, 3.05) is 13.1 Å². The highest BCUT2D eigenvalue weighted by molar-refractivity contribution is 5.69. The summed E-state index contributed by atoms with van der Waals surface area (Å²) in [5.41, 5.74) is 0.850. The van der Waals surface area contributed by atoms with Gasteiger partial charge in [-0.3, -0.25) is 9.69 Å². The van der Waals surface area contributed by atoms with Gasteiger partial charge in [0.1, 0.15) is 0 Å². The van der Waals surface area contributed by atoms with Gasteiger partial charge in [0, 0.05) is 5.56 Å². The zero-order chi connectivity index (χ0) is 13.7. The molecule has 1 heterocycles. The molecule has 1 aromatic carbocycles. The van der Waals surface area contributed by atoms with Crippen LogP contribution in [-0.2, 0) is 11.3 Å². The van der Waals surface area contributed by atoms with E-state index in [9.17, 15) is 4.79 Å². The van der Waals surface area contributed by atoms with Crippen molar-refractivity contribution >= 4 is 5.97 Å². The van der Waals surface area contributed by atoms with Crippen LogP contribution in [0.2, 0.25) is 0 Å². The fraction of sp³-hybridized carbons (Fsp3) is 0.308. The molecule has 2 rings (SSSR count). The maximum absolute atomic E-state index is 10.7. The predicted molar refractivity (Wildman–Crippen MR) is 68.3 cm³/mol. The number of hydrogen-bond acceptors (Lipinski definition) is 5. The van der Waals surface area contributed by atoms with Crippen molar-refractivity contribution in [3.05, 3.63) is 36.2 Å². The maximum atomic E-state index is 10.7. The van der Waals surface area contributed by atoms with Gasteiger partial charge in [-0.05, 0) is 18.7 Å². The zero-order valence-electron chi connectivity index (χ0n) is 10.6. The van der Waals surface area contributed by atoms with E-state index in [1.807, 2.05) is 37.3 Å². The highest BCUT2D eigenvalue weighted by Gasteiger charge is 2.13. The first kappa shape index (κ1) is 13.2. The van der Waals surface area contributed by atoms with E-state index in [1.54, 1.807) is 4.90 Å². The lowest BCUT2D eigenvalue weighted by Gasteiger charge is -2.14. The molecule has 6 nitrogen and oxygen atoms in total. The second kappa shape index (κ2) is 6.10. The van der Waals surface area contributed by atoms with Crippen LogP contribution in [0, 0.1) is 0 Å². The minimum Gasteiger partial charge on any atom is -0.480 e. The van der Waals surface area contributed by atoms with E-state index in [0.717, 1.165) is 5.56 Å². The SMILES string of the molecule is CCN(CC(=O)O)Cc1nnc(-c2ccccc2)o1. The van der Waals surface area contributed by atoms with E-state index in [4.69, 9.17) is 9.52 Å². The molecule has 2 aromatic rings. The third kappa shape index (κ3) is 3.62. The van der Waals surface area contributed by atoms with E-state index in [2.05, 4.69) is 10.2 Å². The largest absolute Gasteiger partial charge is 0.480 e. The van der Waals surface area contributed by atoms with Crippen molar-refractivity contribution in [3.8, 4) is 11.5 Å². The summed E-state index contributed by atoms with van der Waals surface area (Å²) in [6.07, 6.45) is 0. The number of aliphatic carboxylic acids is 1. The van der Waals surface area contributed by atoms with Crippen LogP contribution in [-0.4, -0.2) is 39.3 Å². The summed E-state index contributed by atoms with van der Waals surface area (Å²) >= 11 is 0. The molecule has 0 fully saturated rings. The van der Waals surface area contributed by atoms with Crippen LogP contribution in [0.25, 0.3) is 11.5 Å². The Labute approximate surface area is 110 Å². The molecule has 0 radical (unpaired) electrons. The van der Waals surface area contributed by atoms with E-state index < -0.39 is 5.97 Å². The summed E-state index contributed by atoms with van der Waals surface area (Å²) in [7, 11) is 0. The van der Waals surface area contributed by atoms with Crippen LogP contribution in [0.15, 0.2) is 34.7 Å².